The van der Waals surface area contributed by atoms with Gasteiger partial charge < -0.3 is 20.2 Å². The predicted molar refractivity (Wildman–Crippen MR) is 71.2 cm³/mol. The van der Waals surface area contributed by atoms with Gasteiger partial charge in [0.05, 0.1) is 17.8 Å². The lowest BCUT2D eigenvalue weighted by atomic mass is 10.2. The van der Waals surface area contributed by atoms with Crippen LogP contribution in [0.25, 0.3) is 11.1 Å². The Labute approximate surface area is 115 Å². The minimum atomic E-state index is -0.500. The third-order valence-electron chi connectivity index (χ3n) is 4.03. The highest BCUT2D eigenvalue weighted by molar-refractivity contribution is 6.03. The largest absolute Gasteiger partial charge is 0.439 e. The zero-order valence-corrected chi connectivity index (χ0v) is 10.9. The Morgan fingerprint density at radius 3 is 2.95 bits per heavy atom. The molecule has 0 bridgehead atoms. The molecule has 4 rings (SSSR count). The molecule has 1 atom stereocenters. The minimum absolute atomic E-state index is 0.0564. The van der Waals surface area contributed by atoms with Gasteiger partial charge in [0.2, 0.25) is 5.89 Å². The van der Waals surface area contributed by atoms with Gasteiger partial charge in [0.25, 0.3) is 5.91 Å². The van der Waals surface area contributed by atoms with E-state index in [1.54, 1.807) is 18.2 Å². The van der Waals surface area contributed by atoms with E-state index in [9.17, 15) is 4.79 Å². The SMILES string of the molecule is NC(=O)c1cccc2oc(C3COC4(CC4)CN3)nc12. The second-order valence-corrected chi connectivity index (χ2v) is 5.50. The first-order chi connectivity index (χ1) is 9.67. The van der Waals surface area contributed by atoms with Gasteiger partial charge in [0.15, 0.2) is 5.58 Å². The van der Waals surface area contributed by atoms with Crippen LogP contribution >= 0.6 is 0 Å². The molecule has 6 nitrogen and oxygen atoms in total. The fourth-order valence-electron chi connectivity index (χ4n) is 2.61. The number of rotatable bonds is 2. The molecular formula is C14H15N3O3. The second kappa shape index (κ2) is 4.04. The van der Waals surface area contributed by atoms with Crippen LogP contribution in [0.15, 0.2) is 22.6 Å². The summed E-state index contributed by atoms with van der Waals surface area (Å²) in [5.74, 6) is 0.0458. The van der Waals surface area contributed by atoms with Gasteiger partial charge in [-0.25, -0.2) is 4.98 Å². The number of amides is 1. The molecule has 3 N–H and O–H groups in total. The first-order valence-electron chi connectivity index (χ1n) is 6.73. The highest BCUT2D eigenvalue weighted by Gasteiger charge is 2.47. The Hall–Kier alpha value is -1.92. The maximum Gasteiger partial charge on any atom is 0.251 e. The molecule has 1 aliphatic heterocycles. The maximum atomic E-state index is 11.4. The third-order valence-corrected chi connectivity index (χ3v) is 4.03. The number of nitrogens with one attached hydrogen (secondary N) is 1. The van der Waals surface area contributed by atoms with Crippen LogP contribution in [0.3, 0.4) is 0 Å². The van der Waals surface area contributed by atoms with Gasteiger partial charge in [-0.2, -0.15) is 0 Å². The summed E-state index contributed by atoms with van der Waals surface area (Å²) in [6.07, 6.45) is 2.23. The number of carbonyl (C=O) groups is 1. The van der Waals surface area contributed by atoms with Crippen molar-refractivity contribution in [2.24, 2.45) is 5.73 Å². The van der Waals surface area contributed by atoms with Gasteiger partial charge in [-0.1, -0.05) is 6.07 Å². The maximum absolute atomic E-state index is 11.4. The molecule has 2 aliphatic rings. The number of hydrogen-bond donors (Lipinski definition) is 2. The molecule has 2 fully saturated rings. The number of primary amides is 1. The van der Waals surface area contributed by atoms with Gasteiger partial charge in [0, 0.05) is 6.54 Å². The lowest BCUT2D eigenvalue weighted by Gasteiger charge is -2.28. The molecule has 0 radical (unpaired) electrons. The van der Waals surface area contributed by atoms with Crippen molar-refractivity contribution in [2.75, 3.05) is 13.2 Å². The Balaban J connectivity index is 1.67. The Morgan fingerprint density at radius 1 is 1.45 bits per heavy atom. The standard InChI is InChI=1S/C14H15N3O3/c15-12(18)8-2-1-3-10-11(8)17-13(20-10)9-6-19-14(4-5-14)7-16-9/h1-3,9,16H,4-7H2,(H2,15,18). The molecule has 2 aromatic rings. The van der Waals surface area contributed by atoms with E-state index < -0.39 is 5.91 Å². The summed E-state index contributed by atoms with van der Waals surface area (Å²) in [6.45, 7) is 1.36. The highest BCUT2D eigenvalue weighted by atomic mass is 16.5. The first kappa shape index (κ1) is 11.9. The number of oxazole rings is 1. The molecule has 1 unspecified atom stereocenters. The summed E-state index contributed by atoms with van der Waals surface area (Å²) in [6, 6.07) is 5.10. The monoisotopic (exact) mass is 273 g/mol. The van der Waals surface area contributed by atoms with E-state index in [1.807, 2.05) is 0 Å². The molecule has 1 amide bonds. The number of nitrogens with two attached hydrogens (primary N) is 1. The number of nitrogens with zero attached hydrogens (tertiary/aromatic N) is 1. The van der Waals surface area contributed by atoms with E-state index in [-0.39, 0.29) is 11.6 Å². The molecule has 1 aliphatic carbocycles. The van der Waals surface area contributed by atoms with Crippen molar-refractivity contribution >= 4 is 17.0 Å². The van der Waals surface area contributed by atoms with Crippen molar-refractivity contribution in [1.82, 2.24) is 10.3 Å². The summed E-state index contributed by atoms with van der Waals surface area (Å²) >= 11 is 0. The number of benzene rings is 1. The summed E-state index contributed by atoms with van der Waals surface area (Å²) < 4.78 is 11.6. The highest BCUT2D eigenvalue weighted by Crippen LogP contribution is 2.42. The average molecular weight is 273 g/mol. The first-order valence-corrected chi connectivity index (χ1v) is 6.73. The van der Waals surface area contributed by atoms with Crippen LogP contribution in [-0.2, 0) is 4.74 Å². The fourth-order valence-corrected chi connectivity index (χ4v) is 2.61. The van der Waals surface area contributed by atoms with Crippen molar-refractivity contribution in [3.05, 3.63) is 29.7 Å². The molecule has 104 valence electrons. The normalized spacial score (nSPS) is 24.1. The number of ether oxygens (including phenoxy) is 1. The number of aromatic nitrogens is 1. The van der Waals surface area contributed by atoms with Gasteiger partial charge in [-0.05, 0) is 25.0 Å². The van der Waals surface area contributed by atoms with Crippen molar-refractivity contribution in [3.63, 3.8) is 0 Å². The van der Waals surface area contributed by atoms with Crippen LogP contribution in [0.2, 0.25) is 0 Å². The third kappa shape index (κ3) is 1.80. The van der Waals surface area contributed by atoms with Crippen LogP contribution in [0.4, 0.5) is 0 Å². The number of hydrogen-bond acceptors (Lipinski definition) is 5. The number of para-hydroxylation sites is 1. The molecule has 1 saturated heterocycles. The molecule has 20 heavy (non-hydrogen) atoms. The summed E-state index contributed by atoms with van der Waals surface area (Å²) in [5.41, 5.74) is 6.88. The van der Waals surface area contributed by atoms with Crippen LogP contribution in [-0.4, -0.2) is 29.6 Å². The zero-order valence-electron chi connectivity index (χ0n) is 10.9. The van der Waals surface area contributed by atoms with E-state index in [1.165, 1.54) is 0 Å². The molecule has 1 saturated carbocycles. The smallest absolute Gasteiger partial charge is 0.251 e. The van der Waals surface area contributed by atoms with Gasteiger partial charge in [0.1, 0.15) is 11.6 Å². The summed E-state index contributed by atoms with van der Waals surface area (Å²) in [7, 11) is 0. The minimum Gasteiger partial charge on any atom is -0.439 e. The van der Waals surface area contributed by atoms with Gasteiger partial charge >= 0.3 is 0 Å². The molecule has 1 aromatic carbocycles. The van der Waals surface area contributed by atoms with E-state index in [0.29, 0.717) is 29.2 Å². The van der Waals surface area contributed by atoms with Crippen LogP contribution in [0.1, 0.15) is 35.1 Å². The number of morpholine rings is 1. The van der Waals surface area contributed by atoms with Crippen molar-refractivity contribution in [1.29, 1.82) is 0 Å². The lowest BCUT2D eigenvalue weighted by molar-refractivity contribution is -0.0198. The predicted octanol–water partition coefficient (Wildman–Crippen LogP) is 1.12. The van der Waals surface area contributed by atoms with Gasteiger partial charge in [-0.3, -0.25) is 4.79 Å². The Morgan fingerprint density at radius 2 is 2.30 bits per heavy atom. The van der Waals surface area contributed by atoms with Gasteiger partial charge in [-0.15, -0.1) is 0 Å². The Bertz CT molecular complexity index is 680. The molecular weight excluding hydrogens is 258 g/mol. The lowest BCUT2D eigenvalue weighted by Crippen LogP contribution is -2.42. The van der Waals surface area contributed by atoms with E-state index >= 15 is 0 Å². The van der Waals surface area contributed by atoms with E-state index in [0.717, 1.165) is 19.4 Å². The van der Waals surface area contributed by atoms with Crippen molar-refractivity contribution in [3.8, 4) is 0 Å². The molecule has 2 heterocycles. The molecule has 1 aromatic heterocycles. The van der Waals surface area contributed by atoms with Crippen molar-refractivity contribution < 1.29 is 13.9 Å². The quantitative estimate of drug-likeness (QED) is 0.855. The number of carbonyl (C=O) groups excluding carboxylic acids is 1. The van der Waals surface area contributed by atoms with Crippen LogP contribution in [0.5, 0.6) is 0 Å². The molecule has 6 heteroatoms. The van der Waals surface area contributed by atoms with Crippen molar-refractivity contribution in [2.45, 2.75) is 24.5 Å². The van der Waals surface area contributed by atoms with Crippen LogP contribution < -0.4 is 11.1 Å². The van der Waals surface area contributed by atoms with E-state index in [2.05, 4.69) is 10.3 Å². The number of fused-ring (bicyclic) bond motifs is 1. The zero-order chi connectivity index (χ0) is 13.7. The fraction of sp³-hybridized carbons (Fsp3) is 0.429. The summed E-state index contributed by atoms with van der Waals surface area (Å²) in [5, 5.41) is 3.40. The second-order valence-electron chi connectivity index (χ2n) is 5.50. The summed E-state index contributed by atoms with van der Waals surface area (Å²) in [4.78, 5) is 15.8. The average Bonchev–Trinajstić information content (AvgIpc) is 3.05. The molecule has 1 spiro atoms. The topological polar surface area (TPSA) is 90.4 Å². The van der Waals surface area contributed by atoms with E-state index in [4.69, 9.17) is 14.9 Å². The van der Waals surface area contributed by atoms with Crippen LogP contribution in [0, 0.1) is 0 Å². The Kier molecular flexibility index (Phi) is 2.40.